The van der Waals surface area contributed by atoms with Crippen LogP contribution in [-0.4, -0.2) is 5.11 Å². The number of rotatable bonds is 2. The summed E-state index contributed by atoms with van der Waals surface area (Å²) in [5.74, 6) is -1.75. The Kier molecular flexibility index (Phi) is 3.76. The molecule has 1 unspecified atom stereocenters. The molecule has 2 rings (SSSR count). The zero-order chi connectivity index (χ0) is 14.9. The summed E-state index contributed by atoms with van der Waals surface area (Å²) in [6, 6.07) is 6.54. The summed E-state index contributed by atoms with van der Waals surface area (Å²) in [6.07, 6.45) is -6.51. The molecule has 2 aromatic rings. The van der Waals surface area contributed by atoms with Crippen molar-refractivity contribution in [2.24, 2.45) is 0 Å². The highest BCUT2D eigenvalue weighted by atomic mass is 19.4. The molecule has 106 valence electrons. The van der Waals surface area contributed by atoms with Crippen molar-refractivity contribution in [2.75, 3.05) is 0 Å². The van der Waals surface area contributed by atoms with Crippen molar-refractivity contribution >= 4 is 0 Å². The highest BCUT2D eigenvalue weighted by molar-refractivity contribution is 5.38. The van der Waals surface area contributed by atoms with Crippen molar-refractivity contribution in [1.29, 1.82) is 0 Å². The Hall–Kier alpha value is -1.95. The zero-order valence-corrected chi connectivity index (χ0v) is 9.96. The Morgan fingerprint density at radius 3 is 2.15 bits per heavy atom. The van der Waals surface area contributed by atoms with E-state index in [-0.39, 0.29) is 5.56 Å². The third kappa shape index (κ3) is 2.96. The average Bonchev–Trinajstić information content (AvgIpc) is 2.37. The van der Waals surface area contributed by atoms with Gasteiger partial charge in [-0.25, -0.2) is 8.78 Å². The van der Waals surface area contributed by atoms with Gasteiger partial charge < -0.3 is 5.11 Å². The predicted molar refractivity (Wildman–Crippen MR) is 61.9 cm³/mol. The van der Waals surface area contributed by atoms with Crippen LogP contribution in [0.1, 0.15) is 22.8 Å². The lowest BCUT2D eigenvalue weighted by molar-refractivity contribution is -0.139. The van der Waals surface area contributed by atoms with Crippen LogP contribution in [0.15, 0.2) is 42.5 Å². The fourth-order valence-electron chi connectivity index (χ4n) is 1.87. The highest BCUT2D eigenvalue weighted by Gasteiger charge is 2.35. The molecular weight excluding hydrogens is 279 g/mol. The first kappa shape index (κ1) is 14.5. The van der Waals surface area contributed by atoms with Crippen LogP contribution in [0.25, 0.3) is 0 Å². The molecule has 0 saturated heterocycles. The number of hydrogen-bond donors (Lipinski definition) is 1. The van der Waals surface area contributed by atoms with E-state index in [0.717, 1.165) is 24.3 Å². The summed E-state index contributed by atoms with van der Waals surface area (Å²) in [6.45, 7) is 0. The molecule has 2 aromatic carbocycles. The Morgan fingerprint density at radius 2 is 1.55 bits per heavy atom. The van der Waals surface area contributed by atoms with Crippen LogP contribution in [0, 0.1) is 11.6 Å². The Balaban J connectivity index is 2.52. The van der Waals surface area contributed by atoms with E-state index in [1.807, 2.05) is 0 Å². The summed E-state index contributed by atoms with van der Waals surface area (Å²) >= 11 is 0. The Labute approximate surface area is 111 Å². The van der Waals surface area contributed by atoms with E-state index in [9.17, 15) is 27.1 Å². The van der Waals surface area contributed by atoms with Gasteiger partial charge in [0.05, 0.1) is 5.56 Å². The molecule has 1 N–H and O–H groups in total. The minimum absolute atomic E-state index is 0.0397. The molecule has 0 spiro atoms. The Morgan fingerprint density at radius 1 is 0.900 bits per heavy atom. The lowest BCUT2D eigenvalue weighted by Crippen LogP contribution is -2.13. The fraction of sp³-hybridized carbons (Fsp3) is 0.143. The van der Waals surface area contributed by atoms with Gasteiger partial charge in [-0.3, -0.25) is 0 Å². The number of hydrogen-bond acceptors (Lipinski definition) is 1. The molecule has 0 bridgehead atoms. The van der Waals surface area contributed by atoms with E-state index in [1.54, 1.807) is 0 Å². The number of halogens is 5. The van der Waals surface area contributed by atoms with Gasteiger partial charge in [0.15, 0.2) is 0 Å². The summed E-state index contributed by atoms with van der Waals surface area (Å²) in [4.78, 5) is 0. The van der Waals surface area contributed by atoms with Crippen LogP contribution in [0.5, 0.6) is 0 Å². The first-order valence-electron chi connectivity index (χ1n) is 5.59. The molecule has 1 nitrogen and oxygen atoms in total. The first-order chi connectivity index (χ1) is 9.29. The van der Waals surface area contributed by atoms with Crippen LogP contribution in [-0.2, 0) is 6.18 Å². The summed E-state index contributed by atoms with van der Waals surface area (Å²) < 4.78 is 64.5. The molecule has 0 aromatic heterocycles. The maximum atomic E-state index is 13.0. The molecule has 0 radical (unpaired) electrons. The van der Waals surface area contributed by atoms with E-state index in [4.69, 9.17) is 0 Å². The largest absolute Gasteiger partial charge is 0.416 e. The topological polar surface area (TPSA) is 20.2 Å². The molecule has 0 saturated carbocycles. The van der Waals surface area contributed by atoms with Gasteiger partial charge in [0.2, 0.25) is 0 Å². The quantitative estimate of drug-likeness (QED) is 0.826. The van der Waals surface area contributed by atoms with E-state index >= 15 is 0 Å². The summed E-state index contributed by atoms with van der Waals surface area (Å²) in [5.41, 5.74) is -1.85. The number of alkyl halides is 3. The molecule has 1 atom stereocenters. The standard InChI is InChI=1S/C14H9F5O/c15-9-3-1-2-8(6-9)13(20)11-5-4-10(16)7-12(11)14(17,18)19/h1-7,13,20H. The monoisotopic (exact) mass is 288 g/mol. The van der Waals surface area contributed by atoms with Gasteiger partial charge in [0, 0.05) is 0 Å². The highest BCUT2D eigenvalue weighted by Crippen LogP contribution is 2.37. The summed E-state index contributed by atoms with van der Waals surface area (Å²) in [7, 11) is 0. The second kappa shape index (κ2) is 5.20. The van der Waals surface area contributed by atoms with Crippen LogP contribution < -0.4 is 0 Å². The molecule has 0 heterocycles. The van der Waals surface area contributed by atoms with E-state index in [1.165, 1.54) is 12.1 Å². The summed E-state index contributed by atoms with van der Waals surface area (Å²) in [5, 5.41) is 9.96. The van der Waals surface area contributed by atoms with Crippen molar-refractivity contribution in [3.05, 3.63) is 70.8 Å². The SMILES string of the molecule is OC(c1cccc(F)c1)c1ccc(F)cc1C(F)(F)F. The third-order valence-electron chi connectivity index (χ3n) is 2.78. The van der Waals surface area contributed by atoms with Crippen LogP contribution in [0.3, 0.4) is 0 Å². The maximum Gasteiger partial charge on any atom is 0.416 e. The van der Waals surface area contributed by atoms with Gasteiger partial charge in [-0.2, -0.15) is 13.2 Å². The van der Waals surface area contributed by atoms with E-state index in [0.29, 0.717) is 6.07 Å². The van der Waals surface area contributed by atoms with Crippen molar-refractivity contribution < 1.29 is 27.1 Å². The number of benzene rings is 2. The van der Waals surface area contributed by atoms with E-state index in [2.05, 4.69) is 0 Å². The lowest BCUT2D eigenvalue weighted by atomic mass is 9.96. The molecule has 6 heteroatoms. The molecule has 0 aliphatic heterocycles. The van der Waals surface area contributed by atoms with Crippen LogP contribution in [0.2, 0.25) is 0 Å². The van der Waals surface area contributed by atoms with Crippen molar-refractivity contribution in [3.8, 4) is 0 Å². The molecule has 0 fully saturated rings. The van der Waals surface area contributed by atoms with Crippen LogP contribution in [0.4, 0.5) is 22.0 Å². The van der Waals surface area contributed by atoms with Gasteiger partial charge in [0.1, 0.15) is 17.7 Å². The Bertz CT molecular complexity index is 621. The second-order valence-corrected chi connectivity index (χ2v) is 4.19. The average molecular weight is 288 g/mol. The van der Waals surface area contributed by atoms with Crippen molar-refractivity contribution in [2.45, 2.75) is 12.3 Å². The third-order valence-corrected chi connectivity index (χ3v) is 2.78. The molecule has 20 heavy (non-hydrogen) atoms. The molecule has 0 amide bonds. The first-order valence-corrected chi connectivity index (χ1v) is 5.59. The molecule has 0 aliphatic carbocycles. The normalized spacial score (nSPS) is 13.3. The van der Waals surface area contributed by atoms with Gasteiger partial charge in [0.25, 0.3) is 0 Å². The van der Waals surface area contributed by atoms with Gasteiger partial charge >= 0.3 is 6.18 Å². The number of aliphatic hydroxyl groups excluding tert-OH is 1. The predicted octanol–water partition coefficient (Wildman–Crippen LogP) is 4.07. The number of aliphatic hydroxyl groups is 1. The van der Waals surface area contributed by atoms with E-state index < -0.39 is 35.0 Å². The smallest absolute Gasteiger partial charge is 0.384 e. The minimum atomic E-state index is -4.81. The van der Waals surface area contributed by atoms with Crippen molar-refractivity contribution in [1.82, 2.24) is 0 Å². The lowest BCUT2D eigenvalue weighted by Gasteiger charge is -2.18. The van der Waals surface area contributed by atoms with Crippen molar-refractivity contribution in [3.63, 3.8) is 0 Å². The van der Waals surface area contributed by atoms with Gasteiger partial charge in [-0.1, -0.05) is 18.2 Å². The fourth-order valence-corrected chi connectivity index (χ4v) is 1.87. The minimum Gasteiger partial charge on any atom is -0.384 e. The van der Waals surface area contributed by atoms with Gasteiger partial charge in [-0.15, -0.1) is 0 Å². The maximum absolute atomic E-state index is 13.0. The second-order valence-electron chi connectivity index (χ2n) is 4.19. The molecular formula is C14H9F5O. The molecule has 0 aliphatic rings. The van der Waals surface area contributed by atoms with Gasteiger partial charge in [-0.05, 0) is 35.4 Å². The van der Waals surface area contributed by atoms with Crippen LogP contribution >= 0.6 is 0 Å². The zero-order valence-electron chi connectivity index (χ0n) is 9.96.